The van der Waals surface area contributed by atoms with Crippen molar-refractivity contribution in [2.75, 3.05) is 5.43 Å². The third-order valence-corrected chi connectivity index (χ3v) is 3.16. The molecule has 3 N–H and O–H groups in total. The fraction of sp³-hybridized carbons (Fsp3) is 0.0833. The Morgan fingerprint density at radius 3 is 2.75 bits per heavy atom. The Bertz CT molecular complexity index is 445. The van der Waals surface area contributed by atoms with Crippen molar-refractivity contribution in [2.24, 2.45) is 5.84 Å². The number of hydrogen-bond donors (Lipinski definition) is 2. The van der Waals surface area contributed by atoms with Crippen molar-refractivity contribution in [3.8, 4) is 0 Å². The molecule has 1 aromatic carbocycles. The summed E-state index contributed by atoms with van der Waals surface area (Å²) in [7, 11) is 0. The highest BCUT2D eigenvalue weighted by atomic mass is 32.2. The van der Waals surface area contributed by atoms with Crippen LogP contribution in [0.1, 0.15) is 5.69 Å². The summed E-state index contributed by atoms with van der Waals surface area (Å²) >= 11 is 1.76. The molecular formula is C12H13N3S. The van der Waals surface area contributed by atoms with Crippen LogP contribution in [0.4, 0.5) is 5.69 Å². The number of hydrazine groups is 1. The van der Waals surface area contributed by atoms with Crippen molar-refractivity contribution in [1.29, 1.82) is 0 Å². The lowest BCUT2D eigenvalue weighted by molar-refractivity contribution is 1.16. The molecule has 0 fully saturated rings. The van der Waals surface area contributed by atoms with E-state index in [4.69, 9.17) is 5.84 Å². The third-order valence-electron chi connectivity index (χ3n) is 2.11. The highest BCUT2D eigenvalue weighted by Gasteiger charge is 1.98. The lowest BCUT2D eigenvalue weighted by Crippen LogP contribution is -2.07. The molecule has 0 amide bonds. The minimum Gasteiger partial charge on any atom is -0.324 e. The molecule has 0 bridgehead atoms. The maximum atomic E-state index is 5.34. The number of pyridine rings is 1. The summed E-state index contributed by atoms with van der Waals surface area (Å²) in [6.45, 7) is 0. The van der Waals surface area contributed by atoms with E-state index in [9.17, 15) is 0 Å². The number of benzene rings is 1. The SMILES string of the molecule is NNc1ccnc(CSc2ccccc2)c1. The zero-order chi connectivity index (χ0) is 11.2. The Hall–Kier alpha value is -1.52. The quantitative estimate of drug-likeness (QED) is 0.482. The van der Waals surface area contributed by atoms with Gasteiger partial charge in [-0.2, -0.15) is 0 Å². The predicted molar refractivity (Wildman–Crippen MR) is 68.1 cm³/mol. The maximum Gasteiger partial charge on any atom is 0.0527 e. The van der Waals surface area contributed by atoms with Crippen LogP contribution in [0.2, 0.25) is 0 Å². The molecule has 0 radical (unpaired) electrons. The van der Waals surface area contributed by atoms with Crippen LogP contribution in [0.15, 0.2) is 53.6 Å². The molecule has 0 saturated carbocycles. The van der Waals surface area contributed by atoms with E-state index in [1.165, 1.54) is 4.90 Å². The second-order valence-electron chi connectivity index (χ2n) is 3.28. The van der Waals surface area contributed by atoms with Crippen LogP contribution in [0.3, 0.4) is 0 Å². The lowest BCUT2D eigenvalue weighted by Gasteiger charge is -2.03. The van der Waals surface area contributed by atoms with Crippen LogP contribution in [0.25, 0.3) is 0 Å². The van der Waals surface area contributed by atoms with Gasteiger partial charge in [0.2, 0.25) is 0 Å². The van der Waals surface area contributed by atoms with E-state index in [2.05, 4.69) is 22.5 Å². The minimum atomic E-state index is 0.847. The first-order valence-corrected chi connectivity index (χ1v) is 5.96. The van der Waals surface area contributed by atoms with Crippen LogP contribution >= 0.6 is 11.8 Å². The second kappa shape index (κ2) is 5.53. The van der Waals surface area contributed by atoms with Gasteiger partial charge in [0.15, 0.2) is 0 Å². The molecule has 16 heavy (non-hydrogen) atoms. The normalized spacial score (nSPS) is 10.1. The standard InChI is InChI=1S/C12H13N3S/c13-15-10-6-7-14-11(8-10)9-16-12-4-2-1-3-5-12/h1-8H,9,13H2,(H,14,15). The molecule has 0 aliphatic heterocycles. The van der Waals surface area contributed by atoms with Gasteiger partial charge in [-0.25, -0.2) is 0 Å². The summed E-state index contributed by atoms with van der Waals surface area (Å²) in [5.74, 6) is 6.19. The van der Waals surface area contributed by atoms with E-state index in [0.717, 1.165) is 17.1 Å². The molecule has 82 valence electrons. The molecule has 0 atom stereocenters. The minimum absolute atomic E-state index is 0.847. The van der Waals surface area contributed by atoms with E-state index in [0.29, 0.717) is 0 Å². The van der Waals surface area contributed by atoms with Gasteiger partial charge in [0.1, 0.15) is 0 Å². The number of thioether (sulfide) groups is 1. The number of nitrogens with one attached hydrogen (secondary N) is 1. The number of rotatable bonds is 4. The van der Waals surface area contributed by atoms with Gasteiger partial charge < -0.3 is 5.43 Å². The fourth-order valence-electron chi connectivity index (χ4n) is 1.32. The molecule has 2 aromatic rings. The van der Waals surface area contributed by atoms with Crippen LogP contribution in [0.5, 0.6) is 0 Å². The molecule has 3 nitrogen and oxygen atoms in total. The van der Waals surface area contributed by atoms with Crippen molar-refractivity contribution >= 4 is 17.4 Å². The Kier molecular flexibility index (Phi) is 3.80. The van der Waals surface area contributed by atoms with Crippen molar-refractivity contribution < 1.29 is 0 Å². The van der Waals surface area contributed by atoms with Gasteiger partial charge >= 0.3 is 0 Å². The molecule has 0 aliphatic carbocycles. The molecule has 1 aromatic heterocycles. The smallest absolute Gasteiger partial charge is 0.0527 e. The van der Waals surface area contributed by atoms with Gasteiger partial charge in [-0.3, -0.25) is 10.8 Å². The van der Waals surface area contributed by atoms with Crippen molar-refractivity contribution in [3.63, 3.8) is 0 Å². The molecule has 0 spiro atoms. The highest BCUT2D eigenvalue weighted by molar-refractivity contribution is 7.98. The Balaban J connectivity index is 1.99. The van der Waals surface area contributed by atoms with E-state index >= 15 is 0 Å². The first-order valence-electron chi connectivity index (χ1n) is 4.98. The van der Waals surface area contributed by atoms with Crippen molar-refractivity contribution in [3.05, 3.63) is 54.4 Å². The van der Waals surface area contributed by atoms with Gasteiger partial charge in [0.25, 0.3) is 0 Å². The summed E-state index contributed by atoms with van der Waals surface area (Å²) in [5.41, 5.74) is 4.52. The van der Waals surface area contributed by atoms with E-state index < -0.39 is 0 Å². The fourth-order valence-corrected chi connectivity index (χ4v) is 2.14. The molecule has 2 rings (SSSR count). The summed E-state index contributed by atoms with van der Waals surface area (Å²) < 4.78 is 0. The average Bonchev–Trinajstić information content (AvgIpc) is 2.38. The maximum absolute atomic E-state index is 5.34. The zero-order valence-corrected chi connectivity index (χ0v) is 9.58. The van der Waals surface area contributed by atoms with Gasteiger partial charge in [-0.15, -0.1) is 11.8 Å². The van der Waals surface area contributed by atoms with Crippen LogP contribution in [-0.2, 0) is 5.75 Å². The molecule has 4 heteroatoms. The van der Waals surface area contributed by atoms with Crippen LogP contribution < -0.4 is 11.3 Å². The van der Waals surface area contributed by atoms with E-state index in [1.54, 1.807) is 18.0 Å². The van der Waals surface area contributed by atoms with E-state index in [1.807, 2.05) is 30.3 Å². The summed E-state index contributed by atoms with van der Waals surface area (Å²) in [6.07, 6.45) is 1.76. The van der Waals surface area contributed by atoms with Gasteiger partial charge in [0.05, 0.1) is 11.4 Å². The molecule has 0 unspecified atom stereocenters. The Morgan fingerprint density at radius 1 is 1.19 bits per heavy atom. The predicted octanol–water partition coefficient (Wildman–Crippen LogP) is 2.66. The highest BCUT2D eigenvalue weighted by Crippen LogP contribution is 2.22. The van der Waals surface area contributed by atoms with E-state index in [-0.39, 0.29) is 0 Å². The lowest BCUT2D eigenvalue weighted by atomic mass is 10.3. The second-order valence-corrected chi connectivity index (χ2v) is 4.33. The van der Waals surface area contributed by atoms with Gasteiger partial charge in [0, 0.05) is 16.8 Å². The Morgan fingerprint density at radius 2 is 2.00 bits per heavy atom. The largest absolute Gasteiger partial charge is 0.324 e. The number of aromatic nitrogens is 1. The monoisotopic (exact) mass is 231 g/mol. The van der Waals surface area contributed by atoms with Gasteiger partial charge in [-0.1, -0.05) is 18.2 Å². The summed E-state index contributed by atoms with van der Waals surface area (Å²) in [6, 6.07) is 14.1. The summed E-state index contributed by atoms with van der Waals surface area (Å²) in [4.78, 5) is 5.53. The number of anilines is 1. The van der Waals surface area contributed by atoms with Crippen molar-refractivity contribution in [1.82, 2.24) is 4.98 Å². The third kappa shape index (κ3) is 2.98. The Labute approximate surface area is 99.1 Å². The van der Waals surface area contributed by atoms with Crippen molar-refractivity contribution in [2.45, 2.75) is 10.6 Å². The number of nitrogens with zero attached hydrogens (tertiary/aromatic N) is 1. The molecular weight excluding hydrogens is 218 g/mol. The number of nitrogen functional groups attached to an aromatic ring is 1. The van der Waals surface area contributed by atoms with Crippen LogP contribution in [-0.4, -0.2) is 4.98 Å². The number of nitrogens with two attached hydrogens (primary N) is 1. The molecule has 1 heterocycles. The first kappa shape index (κ1) is 11.0. The topological polar surface area (TPSA) is 50.9 Å². The summed E-state index contributed by atoms with van der Waals surface area (Å²) in [5, 5.41) is 0. The van der Waals surface area contributed by atoms with Crippen LogP contribution in [0, 0.1) is 0 Å². The first-order chi connectivity index (χ1) is 7.88. The van der Waals surface area contributed by atoms with Gasteiger partial charge in [-0.05, 0) is 24.3 Å². The molecule has 0 aliphatic rings. The average molecular weight is 231 g/mol. The zero-order valence-electron chi connectivity index (χ0n) is 8.76. The number of hydrogen-bond acceptors (Lipinski definition) is 4. The molecule has 0 saturated heterocycles.